The van der Waals surface area contributed by atoms with Gasteiger partial charge in [-0.1, -0.05) is 11.6 Å². The van der Waals surface area contributed by atoms with Crippen LogP contribution >= 0.6 is 11.6 Å². The highest BCUT2D eigenvalue weighted by Crippen LogP contribution is 2.18. The molecule has 0 aliphatic rings. The van der Waals surface area contributed by atoms with Crippen molar-refractivity contribution in [2.75, 3.05) is 12.9 Å². The van der Waals surface area contributed by atoms with Crippen molar-refractivity contribution < 1.29 is 26.8 Å². The number of hydrogen-bond donors (Lipinski definition) is 1. The van der Waals surface area contributed by atoms with Crippen molar-refractivity contribution >= 4 is 33.5 Å². The highest BCUT2D eigenvalue weighted by Gasteiger charge is 2.26. The molecule has 2 aromatic carbocycles. The molecule has 0 aliphatic heterocycles. The van der Waals surface area contributed by atoms with E-state index in [4.69, 9.17) is 26.4 Å². The monoisotopic (exact) mass is 397 g/mol. The van der Waals surface area contributed by atoms with Crippen LogP contribution in [0.2, 0.25) is 5.02 Å². The fourth-order valence-corrected chi connectivity index (χ4v) is 2.77. The molecule has 0 aromatic heterocycles. The van der Waals surface area contributed by atoms with Gasteiger partial charge in [0.15, 0.2) is 0 Å². The molecule has 2 rings (SSSR count). The van der Waals surface area contributed by atoms with Gasteiger partial charge < -0.3 is 8.92 Å². The van der Waals surface area contributed by atoms with Crippen LogP contribution in [0.25, 0.3) is 0 Å². The number of rotatable bonds is 5. The Bertz CT molecular complexity index is 923. The van der Waals surface area contributed by atoms with Gasteiger partial charge in [0.05, 0.1) is 24.0 Å². The smallest absolute Gasteiger partial charge is 0.410 e. The molecule has 7 nitrogen and oxygen atoms in total. The van der Waals surface area contributed by atoms with Gasteiger partial charge in [-0.25, -0.2) is 0 Å². The quantitative estimate of drug-likeness (QED) is 0.208. The first-order chi connectivity index (χ1) is 12.2. The van der Waals surface area contributed by atoms with E-state index in [-0.39, 0.29) is 12.4 Å². The van der Waals surface area contributed by atoms with E-state index in [1.54, 1.807) is 43.3 Å². The second kappa shape index (κ2) is 8.20. The third-order valence-corrected chi connectivity index (χ3v) is 3.95. The first-order valence-electron chi connectivity index (χ1n) is 7.55. The van der Waals surface area contributed by atoms with Gasteiger partial charge in [0, 0.05) is 5.02 Å². The second-order valence-corrected chi connectivity index (χ2v) is 7.25. The van der Waals surface area contributed by atoms with Crippen LogP contribution in [0.3, 0.4) is 0 Å². The molecule has 0 heterocycles. The lowest BCUT2D eigenvalue weighted by molar-refractivity contribution is -0.456. The Morgan fingerprint density at radius 1 is 1.08 bits per heavy atom. The summed E-state index contributed by atoms with van der Waals surface area (Å²) in [5.74, 6) is 6.10. The summed E-state index contributed by atoms with van der Waals surface area (Å²) in [4.78, 5) is 12.1. The summed E-state index contributed by atoms with van der Waals surface area (Å²) in [6.45, 7) is 1.84. The Labute approximate surface area is 156 Å². The standard InChI is InChI=1S/C17H18ClN2O5S/c1-3-24-17(21)20(19)16(12-4-8-14(18)9-5-12)13-6-10-15(11-7-13)25-26(2,22)23/h4-11H,3,19H2,1-2H3/q+1. The summed E-state index contributed by atoms with van der Waals surface area (Å²) in [6, 6.07) is 12.8. The molecule has 2 N–H and O–H groups in total. The van der Waals surface area contributed by atoms with Crippen LogP contribution in [0.15, 0.2) is 48.5 Å². The van der Waals surface area contributed by atoms with Crippen LogP contribution in [0, 0.1) is 0 Å². The minimum absolute atomic E-state index is 0.145. The molecule has 0 saturated heterocycles. The molecular weight excluding hydrogens is 380 g/mol. The number of nitrogens with two attached hydrogens (primary N) is 1. The number of amides is 1. The zero-order valence-corrected chi connectivity index (χ0v) is 15.8. The van der Waals surface area contributed by atoms with E-state index in [1.807, 2.05) is 0 Å². The number of ether oxygens (including phenoxy) is 1. The largest absolute Gasteiger partial charge is 0.626 e. The Morgan fingerprint density at radius 2 is 1.58 bits per heavy atom. The fourth-order valence-electron chi connectivity index (χ4n) is 2.18. The lowest BCUT2D eigenvalue weighted by Crippen LogP contribution is -2.35. The molecule has 0 unspecified atom stereocenters. The Hall–Kier alpha value is -2.58. The molecule has 0 atom stereocenters. The molecule has 0 radical (unpaired) electrons. The second-order valence-electron chi connectivity index (χ2n) is 5.24. The Balaban J connectivity index is 2.52. The minimum atomic E-state index is -3.64. The van der Waals surface area contributed by atoms with Gasteiger partial charge in [-0.05, 0) is 60.1 Å². The van der Waals surface area contributed by atoms with Crippen LogP contribution < -0.4 is 10.0 Å². The molecule has 0 spiro atoms. The van der Waals surface area contributed by atoms with Gasteiger partial charge in [-0.15, -0.1) is 0 Å². The molecule has 0 saturated carbocycles. The molecule has 0 bridgehead atoms. The molecular formula is C17H18ClN2O5S+. The van der Waals surface area contributed by atoms with Crippen LogP contribution in [0.5, 0.6) is 5.75 Å². The average molecular weight is 398 g/mol. The summed E-state index contributed by atoms with van der Waals surface area (Å²) < 4.78 is 33.1. The SMILES string of the molecule is CCOC(=O)[N+](N)=C(c1ccc(Cl)cc1)c1ccc(OS(C)(=O)=O)cc1. The summed E-state index contributed by atoms with van der Waals surface area (Å²) in [5, 5.41) is 0.532. The molecule has 2 aromatic rings. The Morgan fingerprint density at radius 3 is 2.04 bits per heavy atom. The summed E-state index contributed by atoms with van der Waals surface area (Å²) in [7, 11) is -3.64. The van der Waals surface area contributed by atoms with Crippen LogP contribution in [0.4, 0.5) is 4.79 Å². The van der Waals surface area contributed by atoms with Crippen molar-refractivity contribution in [3.8, 4) is 5.75 Å². The number of halogens is 1. The van der Waals surface area contributed by atoms with E-state index in [2.05, 4.69) is 0 Å². The van der Waals surface area contributed by atoms with E-state index < -0.39 is 16.2 Å². The van der Waals surface area contributed by atoms with E-state index in [9.17, 15) is 13.2 Å². The van der Waals surface area contributed by atoms with Crippen molar-refractivity contribution in [3.63, 3.8) is 0 Å². The highest BCUT2D eigenvalue weighted by atomic mass is 35.5. The minimum Gasteiger partial charge on any atom is -0.410 e. The van der Waals surface area contributed by atoms with Crippen molar-refractivity contribution in [2.45, 2.75) is 6.92 Å². The highest BCUT2D eigenvalue weighted by molar-refractivity contribution is 7.86. The number of nitrogens with zero attached hydrogens (tertiary/aromatic N) is 1. The van der Waals surface area contributed by atoms with Gasteiger partial charge in [0.25, 0.3) is 5.71 Å². The molecule has 1 amide bonds. The van der Waals surface area contributed by atoms with Crippen molar-refractivity contribution in [1.29, 1.82) is 0 Å². The summed E-state index contributed by atoms with van der Waals surface area (Å²) >= 11 is 5.92. The van der Waals surface area contributed by atoms with Crippen molar-refractivity contribution in [3.05, 3.63) is 64.7 Å². The number of carbonyl (C=O) groups is 1. The average Bonchev–Trinajstić information content (AvgIpc) is 2.57. The van der Waals surface area contributed by atoms with E-state index >= 15 is 0 Å². The topological polar surface area (TPSA) is 98.7 Å². The van der Waals surface area contributed by atoms with Gasteiger partial charge in [0.1, 0.15) is 5.75 Å². The zero-order valence-electron chi connectivity index (χ0n) is 14.2. The third kappa shape index (κ3) is 5.21. The normalized spacial score (nSPS) is 12.3. The maximum Gasteiger partial charge on any atom is 0.626 e. The van der Waals surface area contributed by atoms with Crippen molar-refractivity contribution in [2.24, 2.45) is 5.84 Å². The van der Waals surface area contributed by atoms with E-state index in [1.165, 1.54) is 12.1 Å². The van der Waals surface area contributed by atoms with Crippen LogP contribution in [-0.4, -0.2) is 37.8 Å². The van der Waals surface area contributed by atoms with E-state index in [0.29, 0.717) is 21.9 Å². The van der Waals surface area contributed by atoms with Crippen LogP contribution in [0.1, 0.15) is 18.1 Å². The third-order valence-electron chi connectivity index (χ3n) is 3.20. The predicted octanol–water partition coefficient (Wildman–Crippen LogP) is 2.56. The van der Waals surface area contributed by atoms with E-state index in [0.717, 1.165) is 10.9 Å². The molecule has 0 fully saturated rings. The Kier molecular flexibility index (Phi) is 6.23. The lowest BCUT2D eigenvalue weighted by Gasteiger charge is -2.07. The van der Waals surface area contributed by atoms with Crippen LogP contribution in [-0.2, 0) is 14.9 Å². The fraction of sp³-hybridized carbons (Fsp3) is 0.176. The lowest BCUT2D eigenvalue weighted by atomic mass is 10.0. The molecule has 0 aliphatic carbocycles. The predicted molar refractivity (Wildman–Crippen MR) is 98.0 cm³/mol. The first kappa shape index (κ1) is 19.7. The summed E-state index contributed by atoms with van der Waals surface area (Å²) in [5.41, 5.74) is 1.55. The maximum absolute atomic E-state index is 12.1. The van der Waals surface area contributed by atoms with Gasteiger partial charge in [-0.2, -0.15) is 19.1 Å². The van der Waals surface area contributed by atoms with Gasteiger partial charge in [0.2, 0.25) is 0 Å². The van der Waals surface area contributed by atoms with Gasteiger partial charge in [-0.3, -0.25) is 0 Å². The number of benzene rings is 2. The molecule has 138 valence electrons. The van der Waals surface area contributed by atoms with Crippen molar-refractivity contribution in [1.82, 2.24) is 0 Å². The number of hydrogen-bond acceptors (Lipinski definition) is 6. The number of hydrazone groups is 1. The summed E-state index contributed by atoms with van der Waals surface area (Å²) in [6.07, 6.45) is 0.225. The maximum atomic E-state index is 12.1. The number of hydrazine groups is 1. The zero-order chi connectivity index (χ0) is 19.3. The molecule has 9 heteroatoms. The first-order valence-corrected chi connectivity index (χ1v) is 9.75. The molecule has 26 heavy (non-hydrogen) atoms. The van der Waals surface area contributed by atoms with Gasteiger partial charge >= 0.3 is 16.2 Å². The number of carbonyl (C=O) groups excluding carboxylic acids is 1.